The molecule has 0 spiro atoms. The molecular formula is C14H14BrN3O3. The number of amides is 1. The van der Waals surface area contributed by atoms with Gasteiger partial charge in [-0.15, -0.1) is 0 Å². The Bertz CT molecular complexity index is 682. The van der Waals surface area contributed by atoms with Gasteiger partial charge in [0.25, 0.3) is 5.91 Å². The van der Waals surface area contributed by atoms with Crippen molar-refractivity contribution in [1.29, 1.82) is 0 Å². The van der Waals surface area contributed by atoms with E-state index in [1.165, 1.54) is 12.1 Å². The van der Waals surface area contributed by atoms with Crippen molar-refractivity contribution in [2.45, 2.75) is 19.9 Å². The number of rotatable bonds is 5. The number of carboxylic acids is 1. The summed E-state index contributed by atoms with van der Waals surface area (Å²) < 4.78 is 2.65. The van der Waals surface area contributed by atoms with Gasteiger partial charge in [0.15, 0.2) is 5.69 Å². The maximum absolute atomic E-state index is 12.3. The van der Waals surface area contributed by atoms with E-state index in [4.69, 9.17) is 5.11 Å². The summed E-state index contributed by atoms with van der Waals surface area (Å²) in [5.41, 5.74) is 0.379. The number of carboxylic acid groups (broad SMARTS) is 1. The van der Waals surface area contributed by atoms with E-state index in [0.29, 0.717) is 5.69 Å². The van der Waals surface area contributed by atoms with Crippen molar-refractivity contribution in [3.05, 3.63) is 46.3 Å². The standard InChI is InChI=1S/C14H14BrN3O3/c1-2-6-18-8-9(15)7-11(18)13(19)17-12-5-3-4-10(16-12)14(20)21/h3-5,7-8H,2,6H2,1H3,(H,20,21)(H,16,17,19). The highest BCUT2D eigenvalue weighted by Crippen LogP contribution is 2.17. The van der Waals surface area contributed by atoms with Crippen LogP contribution in [0.25, 0.3) is 0 Å². The molecule has 0 unspecified atom stereocenters. The van der Waals surface area contributed by atoms with Crippen LogP contribution in [0, 0.1) is 0 Å². The zero-order valence-electron chi connectivity index (χ0n) is 11.3. The first kappa shape index (κ1) is 15.2. The van der Waals surface area contributed by atoms with Gasteiger partial charge in [-0.3, -0.25) is 4.79 Å². The number of halogens is 1. The van der Waals surface area contributed by atoms with E-state index in [1.807, 2.05) is 17.7 Å². The van der Waals surface area contributed by atoms with Crippen LogP contribution >= 0.6 is 15.9 Å². The largest absolute Gasteiger partial charge is 0.477 e. The summed E-state index contributed by atoms with van der Waals surface area (Å²) in [5.74, 6) is -1.26. The topological polar surface area (TPSA) is 84.2 Å². The molecule has 2 N–H and O–H groups in total. The lowest BCUT2D eigenvalue weighted by atomic mass is 10.3. The van der Waals surface area contributed by atoms with Gasteiger partial charge in [-0.05, 0) is 40.5 Å². The van der Waals surface area contributed by atoms with Gasteiger partial charge in [0.05, 0.1) is 0 Å². The normalized spacial score (nSPS) is 10.4. The Morgan fingerprint density at radius 3 is 2.86 bits per heavy atom. The average Bonchev–Trinajstić information content (AvgIpc) is 2.80. The van der Waals surface area contributed by atoms with Crippen LogP contribution in [0.5, 0.6) is 0 Å². The van der Waals surface area contributed by atoms with Crippen LogP contribution in [0.1, 0.15) is 34.3 Å². The molecular weight excluding hydrogens is 338 g/mol. The highest BCUT2D eigenvalue weighted by molar-refractivity contribution is 9.10. The van der Waals surface area contributed by atoms with Gasteiger partial charge >= 0.3 is 5.97 Å². The summed E-state index contributed by atoms with van der Waals surface area (Å²) >= 11 is 3.34. The molecule has 21 heavy (non-hydrogen) atoms. The fourth-order valence-corrected chi connectivity index (χ4v) is 2.36. The predicted octanol–water partition coefficient (Wildman–Crippen LogP) is 3.01. The van der Waals surface area contributed by atoms with Gasteiger partial charge in [0.2, 0.25) is 0 Å². The van der Waals surface area contributed by atoms with E-state index in [-0.39, 0.29) is 17.4 Å². The summed E-state index contributed by atoms with van der Waals surface area (Å²) in [6.07, 6.45) is 2.73. The molecule has 0 saturated carbocycles. The molecule has 0 fully saturated rings. The van der Waals surface area contributed by atoms with E-state index in [1.54, 1.807) is 12.1 Å². The van der Waals surface area contributed by atoms with Crippen LogP contribution in [0.2, 0.25) is 0 Å². The molecule has 7 heteroatoms. The second kappa shape index (κ2) is 6.53. The number of carbonyl (C=O) groups is 2. The summed E-state index contributed by atoms with van der Waals surface area (Å²) in [5, 5.41) is 11.5. The molecule has 0 saturated heterocycles. The van der Waals surface area contributed by atoms with Crippen LogP contribution in [0.3, 0.4) is 0 Å². The molecule has 110 valence electrons. The summed E-state index contributed by atoms with van der Waals surface area (Å²) in [6, 6.07) is 6.17. The van der Waals surface area contributed by atoms with Crippen LogP contribution in [-0.4, -0.2) is 26.5 Å². The third-order valence-corrected chi connectivity index (χ3v) is 3.20. The van der Waals surface area contributed by atoms with Crippen molar-refractivity contribution >= 4 is 33.6 Å². The van der Waals surface area contributed by atoms with Crippen molar-refractivity contribution in [3.63, 3.8) is 0 Å². The highest BCUT2D eigenvalue weighted by atomic mass is 79.9. The maximum Gasteiger partial charge on any atom is 0.354 e. The zero-order valence-corrected chi connectivity index (χ0v) is 12.9. The molecule has 0 aliphatic heterocycles. The van der Waals surface area contributed by atoms with Crippen LogP contribution in [0.4, 0.5) is 5.82 Å². The number of nitrogens with one attached hydrogen (secondary N) is 1. The Balaban J connectivity index is 2.22. The average molecular weight is 352 g/mol. The van der Waals surface area contributed by atoms with Crippen LogP contribution in [0.15, 0.2) is 34.9 Å². The number of nitrogens with zero attached hydrogens (tertiary/aromatic N) is 2. The lowest BCUT2D eigenvalue weighted by Gasteiger charge is -2.08. The second-order valence-corrected chi connectivity index (χ2v) is 5.32. The first-order valence-corrected chi connectivity index (χ1v) is 7.18. The SMILES string of the molecule is CCCn1cc(Br)cc1C(=O)Nc1cccc(C(=O)O)n1. The second-order valence-electron chi connectivity index (χ2n) is 4.40. The molecule has 0 radical (unpaired) electrons. The van der Waals surface area contributed by atoms with Crippen molar-refractivity contribution in [2.24, 2.45) is 0 Å². The molecule has 0 aliphatic rings. The number of hydrogen-bond donors (Lipinski definition) is 2. The first-order chi connectivity index (χ1) is 10.0. The number of carbonyl (C=O) groups excluding carboxylic acids is 1. The third kappa shape index (κ3) is 3.69. The third-order valence-electron chi connectivity index (χ3n) is 2.77. The first-order valence-electron chi connectivity index (χ1n) is 6.38. The minimum absolute atomic E-state index is 0.113. The van der Waals surface area contributed by atoms with Crippen molar-refractivity contribution in [3.8, 4) is 0 Å². The van der Waals surface area contributed by atoms with E-state index in [0.717, 1.165) is 17.4 Å². The Morgan fingerprint density at radius 2 is 2.19 bits per heavy atom. The summed E-state index contributed by atoms with van der Waals surface area (Å²) in [4.78, 5) is 27.0. The van der Waals surface area contributed by atoms with Crippen molar-refractivity contribution in [1.82, 2.24) is 9.55 Å². The molecule has 0 bridgehead atoms. The number of anilines is 1. The maximum atomic E-state index is 12.3. The van der Waals surface area contributed by atoms with Gasteiger partial charge in [-0.1, -0.05) is 13.0 Å². The molecule has 2 rings (SSSR count). The molecule has 2 aromatic heterocycles. The Kier molecular flexibility index (Phi) is 4.74. The molecule has 6 nitrogen and oxygen atoms in total. The Hall–Kier alpha value is -2.15. The molecule has 0 aromatic carbocycles. The molecule has 0 atom stereocenters. The van der Waals surface area contributed by atoms with Gasteiger partial charge in [0, 0.05) is 17.2 Å². The van der Waals surface area contributed by atoms with E-state index in [9.17, 15) is 9.59 Å². The zero-order chi connectivity index (χ0) is 15.4. The highest BCUT2D eigenvalue weighted by Gasteiger charge is 2.14. The van der Waals surface area contributed by atoms with Crippen molar-refractivity contribution < 1.29 is 14.7 Å². The summed E-state index contributed by atoms with van der Waals surface area (Å²) in [6.45, 7) is 2.74. The van der Waals surface area contributed by atoms with E-state index < -0.39 is 5.97 Å². The number of aromatic nitrogens is 2. The van der Waals surface area contributed by atoms with Crippen LogP contribution in [-0.2, 0) is 6.54 Å². The molecule has 0 aliphatic carbocycles. The Labute approximate surface area is 129 Å². The van der Waals surface area contributed by atoms with E-state index >= 15 is 0 Å². The molecule has 2 aromatic rings. The summed E-state index contributed by atoms with van der Waals surface area (Å²) in [7, 11) is 0. The van der Waals surface area contributed by atoms with Gasteiger partial charge in [-0.2, -0.15) is 0 Å². The quantitative estimate of drug-likeness (QED) is 0.866. The fraction of sp³-hybridized carbons (Fsp3) is 0.214. The molecule has 2 heterocycles. The van der Waals surface area contributed by atoms with Gasteiger partial charge < -0.3 is 15.0 Å². The Morgan fingerprint density at radius 1 is 1.43 bits per heavy atom. The fourth-order valence-electron chi connectivity index (χ4n) is 1.89. The number of aromatic carboxylic acids is 1. The van der Waals surface area contributed by atoms with Crippen molar-refractivity contribution in [2.75, 3.05) is 5.32 Å². The van der Waals surface area contributed by atoms with Gasteiger partial charge in [0.1, 0.15) is 11.5 Å². The number of pyridine rings is 1. The van der Waals surface area contributed by atoms with E-state index in [2.05, 4.69) is 26.2 Å². The number of hydrogen-bond acceptors (Lipinski definition) is 3. The monoisotopic (exact) mass is 351 g/mol. The minimum atomic E-state index is -1.14. The van der Waals surface area contributed by atoms with Crippen LogP contribution < -0.4 is 5.32 Å². The smallest absolute Gasteiger partial charge is 0.354 e. The number of aryl methyl sites for hydroxylation is 1. The lowest BCUT2D eigenvalue weighted by Crippen LogP contribution is -2.18. The molecule has 1 amide bonds. The minimum Gasteiger partial charge on any atom is -0.477 e. The lowest BCUT2D eigenvalue weighted by molar-refractivity contribution is 0.0690. The van der Waals surface area contributed by atoms with Gasteiger partial charge in [-0.25, -0.2) is 9.78 Å². The predicted molar refractivity (Wildman–Crippen MR) is 81.6 cm³/mol.